The molecule has 1 aliphatic heterocycles. The first-order valence-corrected chi connectivity index (χ1v) is 6.95. The number of methoxy groups -OCH3 is 1. The molecule has 1 fully saturated rings. The lowest BCUT2D eigenvalue weighted by Gasteiger charge is -2.31. The molecule has 1 saturated heterocycles. The molecule has 0 amide bonds. The summed E-state index contributed by atoms with van der Waals surface area (Å²) in [7, 11) is 3.47. The van der Waals surface area contributed by atoms with Crippen molar-refractivity contribution < 1.29 is 9.53 Å². The Morgan fingerprint density at radius 1 is 1.40 bits per heavy atom. The highest BCUT2D eigenvalue weighted by Gasteiger charge is 2.28. The monoisotopic (exact) mass is 273 g/mol. The zero-order valence-electron chi connectivity index (χ0n) is 11.9. The number of para-hydroxylation sites is 2. The first kappa shape index (κ1) is 13.0. The lowest BCUT2D eigenvalue weighted by Crippen LogP contribution is -2.40. The Morgan fingerprint density at radius 2 is 2.20 bits per heavy atom. The molecule has 1 aliphatic rings. The lowest BCUT2D eigenvalue weighted by atomic mass is 9.98. The van der Waals surface area contributed by atoms with Gasteiger partial charge in [-0.15, -0.1) is 0 Å². The largest absolute Gasteiger partial charge is 0.469 e. The highest BCUT2D eigenvalue weighted by atomic mass is 16.5. The van der Waals surface area contributed by atoms with Gasteiger partial charge in [-0.05, 0) is 25.0 Å². The van der Waals surface area contributed by atoms with Crippen molar-refractivity contribution in [3.05, 3.63) is 24.3 Å². The van der Waals surface area contributed by atoms with Crippen molar-refractivity contribution in [2.75, 3.05) is 25.1 Å². The van der Waals surface area contributed by atoms with Gasteiger partial charge >= 0.3 is 5.97 Å². The minimum atomic E-state index is -0.117. The van der Waals surface area contributed by atoms with Crippen molar-refractivity contribution in [1.29, 1.82) is 0 Å². The van der Waals surface area contributed by atoms with E-state index in [0.29, 0.717) is 6.54 Å². The van der Waals surface area contributed by atoms with E-state index in [9.17, 15) is 4.79 Å². The normalized spacial score (nSPS) is 19.3. The number of piperidine rings is 1. The van der Waals surface area contributed by atoms with Gasteiger partial charge in [0.15, 0.2) is 0 Å². The molecule has 3 rings (SSSR count). The summed E-state index contributed by atoms with van der Waals surface area (Å²) in [6.45, 7) is 1.62. The van der Waals surface area contributed by atoms with Crippen LogP contribution in [-0.2, 0) is 16.6 Å². The third-order valence-electron chi connectivity index (χ3n) is 4.00. The average Bonchev–Trinajstić information content (AvgIpc) is 2.84. The number of hydrogen-bond acceptors (Lipinski definition) is 4. The van der Waals surface area contributed by atoms with E-state index in [1.165, 1.54) is 7.11 Å². The summed E-state index contributed by atoms with van der Waals surface area (Å²) in [4.78, 5) is 18.6. The zero-order valence-corrected chi connectivity index (χ0v) is 11.9. The van der Waals surface area contributed by atoms with E-state index in [1.54, 1.807) is 0 Å². The molecule has 0 radical (unpaired) electrons. The molecule has 1 aromatic carbocycles. The third kappa shape index (κ3) is 2.13. The fourth-order valence-electron chi connectivity index (χ4n) is 2.93. The number of carbonyl (C=O) groups is 1. The summed E-state index contributed by atoms with van der Waals surface area (Å²) in [6, 6.07) is 8.09. The van der Waals surface area contributed by atoms with Crippen LogP contribution in [0.5, 0.6) is 0 Å². The number of nitrogens with zero attached hydrogens (tertiary/aromatic N) is 3. The van der Waals surface area contributed by atoms with Crippen LogP contribution in [0, 0.1) is 5.92 Å². The van der Waals surface area contributed by atoms with Gasteiger partial charge in [0.25, 0.3) is 0 Å². The number of aromatic nitrogens is 2. The lowest BCUT2D eigenvalue weighted by molar-refractivity contribution is -0.145. The molecule has 20 heavy (non-hydrogen) atoms. The SMILES string of the molecule is COC(=O)C1CCCN(c2nc3ccccc3n2C)C1. The van der Waals surface area contributed by atoms with Crippen LogP contribution < -0.4 is 4.90 Å². The molecule has 5 nitrogen and oxygen atoms in total. The Morgan fingerprint density at radius 3 is 2.95 bits per heavy atom. The van der Waals surface area contributed by atoms with Gasteiger partial charge < -0.3 is 14.2 Å². The van der Waals surface area contributed by atoms with E-state index in [0.717, 1.165) is 36.4 Å². The van der Waals surface area contributed by atoms with Crippen LogP contribution in [0.15, 0.2) is 24.3 Å². The van der Waals surface area contributed by atoms with E-state index in [4.69, 9.17) is 9.72 Å². The number of rotatable bonds is 2. The molecule has 0 aliphatic carbocycles. The molecule has 106 valence electrons. The molecule has 1 unspecified atom stereocenters. The van der Waals surface area contributed by atoms with Crippen molar-refractivity contribution in [3.63, 3.8) is 0 Å². The van der Waals surface area contributed by atoms with Crippen LogP contribution >= 0.6 is 0 Å². The van der Waals surface area contributed by atoms with Crippen LogP contribution in [0.1, 0.15) is 12.8 Å². The molecular weight excluding hydrogens is 254 g/mol. The van der Waals surface area contributed by atoms with Gasteiger partial charge in [-0.3, -0.25) is 4.79 Å². The Kier molecular flexibility index (Phi) is 3.34. The van der Waals surface area contributed by atoms with Crippen LogP contribution in [0.4, 0.5) is 5.95 Å². The van der Waals surface area contributed by atoms with Gasteiger partial charge in [0.1, 0.15) is 0 Å². The zero-order chi connectivity index (χ0) is 14.1. The first-order chi connectivity index (χ1) is 9.70. The maximum absolute atomic E-state index is 11.7. The van der Waals surface area contributed by atoms with Crippen molar-refractivity contribution >= 4 is 23.0 Å². The molecule has 0 bridgehead atoms. The van der Waals surface area contributed by atoms with Crippen LogP contribution in [0.3, 0.4) is 0 Å². The summed E-state index contributed by atoms with van der Waals surface area (Å²) in [5.74, 6) is 0.766. The summed E-state index contributed by atoms with van der Waals surface area (Å²) >= 11 is 0. The Labute approximate surface area is 118 Å². The average molecular weight is 273 g/mol. The van der Waals surface area contributed by atoms with Gasteiger partial charge in [-0.1, -0.05) is 12.1 Å². The number of fused-ring (bicyclic) bond motifs is 1. The van der Waals surface area contributed by atoms with Crippen molar-refractivity contribution in [1.82, 2.24) is 9.55 Å². The second-order valence-corrected chi connectivity index (χ2v) is 5.27. The number of imidazole rings is 1. The maximum Gasteiger partial charge on any atom is 0.310 e. The molecule has 2 heterocycles. The summed E-state index contributed by atoms with van der Waals surface area (Å²) in [5.41, 5.74) is 2.10. The van der Waals surface area contributed by atoms with E-state index >= 15 is 0 Å². The summed E-state index contributed by atoms with van der Waals surface area (Å²) in [5, 5.41) is 0. The molecule has 0 spiro atoms. The summed E-state index contributed by atoms with van der Waals surface area (Å²) < 4.78 is 6.96. The minimum Gasteiger partial charge on any atom is -0.469 e. The number of benzene rings is 1. The van der Waals surface area contributed by atoms with Crippen LogP contribution in [-0.4, -0.2) is 35.7 Å². The van der Waals surface area contributed by atoms with Gasteiger partial charge in [0, 0.05) is 20.1 Å². The minimum absolute atomic E-state index is 0.0476. The quantitative estimate of drug-likeness (QED) is 0.785. The topological polar surface area (TPSA) is 47.4 Å². The molecule has 0 saturated carbocycles. The molecule has 1 aromatic heterocycles. The van der Waals surface area contributed by atoms with Crippen LogP contribution in [0.25, 0.3) is 11.0 Å². The van der Waals surface area contributed by atoms with Crippen molar-refractivity contribution in [3.8, 4) is 0 Å². The highest BCUT2D eigenvalue weighted by Crippen LogP contribution is 2.26. The number of anilines is 1. The Balaban J connectivity index is 1.90. The number of hydrogen-bond donors (Lipinski definition) is 0. The van der Waals surface area contributed by atoms with Crippen molar-refractivity contribution in [2.24, 2.45) is 13.0 Å². The number of esters is 1. The van der Waals surface area contributed by atoms with Gasteiger partial charge in [-0.25, -0.2) is 4.98 Å². The summed E-state index contributed by atoms with van der Waals surface area (Å²) in [6.07, 6.45) is 1.89. The maximum atomic E-state index is 11.7. The fourth-order valence-corrected chi connectivity index (χ4v) is 2.93. The fraction of sp³-hybridized carbons (Fsp3) is 0.467. The number of aryl methyl sites for hydroxylation is 1. The predicted octanol–water partition coefficient (Wildman–Crippen LogP) is 1.96. The molecule has 2 aromatic rings. The third-order valence-corrected chi connectivity index (χ3v) is 4.00. The second kappa shape index (κ2) is 5.15. The molecule has 1 atom stereocenters. The first-order valence-electron chi connectivity index (χ1n) is 6.95. The van der Waals surface area contributed by atoms with E-state index < -0.39 is 0 Å². The molecule has 5 heteroatoms. The van der Waals surface area contributed by atoms with Gasteiger partial charge in [0.2, 0.25) is 5.95 Å². The van der Waals surface area contributed by atoms with E-state index in [-0.39, 0.29) is 11.9 Å². The van der Waals surface area contributed by atoms with Crippen molar-refractivity contribution in [2.45, 2.75) is 12.8 Å². The van der Waals surface area contributed by atoms with E-state index in [2.05, 4.69) is 15.5 Å². The second-order valence-electron chi connectivity index (χ2n) is 5.27. The molecular formula is C15H19N3O2. The Bertz CT molecular complexity index is 635. The smallest absolute Gasteiger partial charge is 0.310 e. The van der Waals surface area contributed by atoms with E-state index in [1.807, 2.05) is 25.2 Å². The van der Waals surface area contributed by atoms with Crippen LogP contribution in [0.2, 0.25) is 0 Å². The Hall–Kier alpha value is -2.04. The standard InChI is InChI=1S/C15H19N3O2/c1-17-13-8-4-3-7-12(13)16-15(17)18-9-5-6-11(10-18)14(19)20-2/h3-4,7-8,11H,5-6,9-10H2,1-2H3. The highest BCUT2D eigenvalue weighted by molar-refractivity contribution is 5.79. The molecule has 0 N–H and O–H groups in total. The van der Waals surface area contributed by atoms with Gasteiger partial charge in [0.05, 0.1) is 24.1 Å². The van der Waals surface area contributed by atoms with Gasteiger partial charge in [-0.2, -0.15) is 0 Å². The predicted molar refractivity (Wildman–Crippen MR) is 77.7 cm³/mol. The number of carbonyl (C=O) groups excluding carboxylic acids is 1. The number of ether oxygens (including phenoxy) is 1.